The first-order valence-corrected chi connectivity index (χ1v) is 17.7. The highest BCUT2D eigenvalue weighted by molar-refractivity contribution is 7.42. The Kier molecular flexibility index (Phi) is 4.27. The number of hydrogen-bond acceptors (Lipinski definition) is 0. The second-order valence-corrected chi connectivity index (χ2v) is 22.9. The summed E-state index contributed by atoms with van der Waals surface area (Å²) in [4.78, 5) is 0. The van der Waals surface area contributed by atoms with Gasteiger partial charge in [0.1, 0.15) is 0 Å². The minimum absolute atomic E-state index is 0.432. The molecule has 4 aliphatic rings. The quantitative estimate of drug-likeness (QED) is 0.384. The Morgan fingerprint density at radius 2 is 1.74 bits per heavy atom. The van der Waals surface area contributed by atoms with Crippen LogP contribution in [0.15, 0.2) is 11.3 Å². The Morgan fingerprint density at radius 3 is 2.22 bits per heavy atom. The van der Waals surface area contributed by atoms with Crippen LogP contribution < -0.4 is 0 Å². The predicted octanol–water partition coefficient (Wildman–Crippen LogP) is 6.70. The fourth-order valence-corrected chi connectivity index (χ4v) is 13.2. The highest BCUT2D eigenvalue weighted by atomic mass is 31.1. The van der Waals surface area contributed by atoms with Gasteiger partial charge in [0.25, 0.3) is 0 Å². The van der Waals surface area contributed by atoms with Crippen molar-refractivity contribution in [2.24, 2.45) is 23.2 Å². The fraction of sp³-hybridized carbons (Fsp3) is 0.850. The van der Waals surface area contributed by atoms with E-state index in [0.717, 1.165) is 29.0 Å². The molecule has 2 aliphatic heterocycles. The maximum atomic E-state index is 2.81. The first kappa shape index (κ1) is 18.1. The van der Waals surface area contributed by atoms with Gasteiger partial charge in [0.2, 0.25) is 0 Å². The van der Waals surface area contributed by atoms with Gasteiger partial charge in [-0.2, -0.15) is 0 Å². The van der Waals surface area contributed by atoms with Gasteiger partial charge in [-0.05, 0) is 40.9 Å². The molecule has 0 amide bonds. The van der Waals surface area contributed by atoms with Crippen molar-refractivity contribution in [3.63, 3.8) is 0 Å². The zero-order valence-corrected chi connectivity index (χ0v) is 19.7. The lowest BCUT2D eigenvalue weighted by molar-refractivity contribution is 0.137. The van der Waals surface area contributed by atoms with E-state index in [2.05, 4.69) is 66.1 Å². The molecule has 0 N–H and O–H groups in total. The zero-order valence-electron chi connectivity index (χ0n) is 16.8. The molecule has 0 unspecified atom stereocenters. The van der Waals surface area contributed by atoms with Crippen molar-refractivity contribution < 1.29 is 0 Å². The largest absolute Gasteiger partial charge is 0.0964 e. The minimum Gasteiger partial charge on any atom is -0.0964 e. The van der Waals surface area contributed by atoms with Gasteiger partial charge >= 0.3 is 0 Å². The lowest BCUT2D eigenvalue weighted by Gasteiger charge is -2.63. The molecule has 2 heterocycles. The highest BCUT2D eigenvalue weighted by Gasteiger charge is 2.59. The average Bonchev–Trinajstić information content (AvgIpc) is 2.34. The molecule has 4 rings (SSSR count). The molecule has 0 spiro atoms. The molecular formula is C20H37PSi2. The monoisotopic (exact) mass is 364 g/mol. The SMILES string of the molecule is CCC(C)(C)C1=P[C@@H]2C([Si](C)(C)C)=C[C@H]1[C@H]1C[C@H]([Si](C)(C)C)[C@H]12. The second-order valence-electron chi connectivity index (χ2n) is 11.0. The van der Waals surface area contributed by atoms with Crippen LogP contribution in [0.25, 0.3) is 0 Å². The highest BCUT2D eigenvalue weighted by Crippen LogP contribution is 2.66. The summed E-state index contributed by atoms with van der Waals surface area (Å²) in [6.45, 7) is 23.0. The summed E-state index contributed by atoms with van der Waals surface area (Å²) in [7, 11) is -0.454. The Bertz CT molecular complexity index is 559. The molecule has 0 aromatic heterocycles. The third-order valence-corrected chi connectivity index (χ3v) is 14.5. The summed E-state index contributed by atoms with van der Waals surface area (Å²) >= 11 is 0. The third kappa shape index (κ3) is 2.81. The second kappa shape index (κ2) is 5.42. The minimum atomic E-state index is -1.18. The van der Waals surface area contributed by atoms with Gasteiger partial charge in [0, 0.05) is 19.7 Å². The summed E-state index contributed by atoms with van der Waals surface area (Å²) < 4.78 is 0. The van der Waals surface area contributed by atoms with E-state index in [9.17, 15) is 0 Å². The van der Waals surface area contributed by atoms with Crippen molar-refractivity contribution >= 4 is 29.6 Å². The van der Waals surface area contributed by atoms with Gasteiger partial charge in [-0.15, -0.1) is 0 Å². The van der Waals surface area contributed by atoms with Crippen molar-refractivity contribution in [1.82, 2.24) is 0 Å². The van der Waals surface area contributed by atoms with Crippen LogP contribution in [0, 0.1) is 23.2 Å². The molecule has 0 aromatic rings. The van der Waals surface area contributed by atoms with Crippen LogP contribution in [0.5, 0.6) is 0 Å². The van der Waals surface area contributed by atoms with E-state index in [1.165, 1.54) is 12.8 Å². The van der Waals surface area contributed by atoms with E-state index in [-0.39, 0.29) is 0 Å². The molecule has 0 radical (unpaired) electrons. The van der Waals surface area contributed by atoms with Gasteiger partial charge < -0.3 is 0 Å². The maximum absolute atomic E-state index is 2.81. The molecule has 130 valence electrons. The van der Waals surface area contributed by atoms with Crippen molar-refractivity contribution in [3.8, 4) is 0 Å². The Morgan fingerprint density at radius 1 is 1.13 bits per heavy atom. The molecule has 0 saturated heterocycles. The van der Waals surface area contributed by atoms with Crippen molar-refractivity contribution in [2.45, 2.75) is 84.1 Å². The van der Waals surface area contributed by atoms with Crippen LogP contribution in [-0.4, -0.2) is 27.1 Å². The van der Waals surface area contributed by atoms with E-state index < -0.39 is 16.1 Å². The van der Waals surface area contributed by atoms with E-state index in [4.69, 9.17) is 0 Å². The number of allylic oxidation sites excluding steroid dienone is 2. The first-order chi connectivity index (χ1) is 10.4. The molecule has 3 heteroatoms. The molecule has 23 heavy (non-hydrogen) atoms. The maximum Gasteiger partial charge on any atom is 0.0733 e. The van der Waals surface area contributed by atoms with Crippen LogP contribution in [0.4, 0.5) is 0 Å². The van der Waals surface area contributed by atoms with E-state index in [0.29, 0.717) is 5.41 Å². The summed E-state index contributed by atoms with van der Waals surface area (Å²) in [5, 5.41) is 3.83. The van der Waals surface area contributed by atoms with Gasteiger partial charge in [-0.1, -0.05) is 79.5 Å². The Hall–Kier alpha value is 0.344. The van der Waals surface area contributed by atoms with Crippen LogP contribution in [0.3, 0.4) is 0 Å². The molecule has 0 aromatic carbocycles. The fourth-order valence-electron chi connectivity index (χ4n) is 5.28. The van der Waals surface area contributed by atoms with E-state index in [1.54, 1.807) is 8.20 Å². The summed E-state index contributed by atoms with van der Waals surface area (Å²) in [6.07, 6.45) is 5.64. The molecule has 1 fully saturated rings. The number of hydrogen-bond donors (Lipinski definition) is 0. The lowest BCUT2D eigenvalue weighted by atomic mass is 9.58. The van der Waals surface area contributed by atoms with Crippen LogP contribution in [0.1, 0.15) is 33.6 Å². The summed E-state index contributed by atoms with van der Waals surface area (Å²) in [5.41, 5.74) is 2.41. The number of rotatable bonds is 4. The molecule has 2 bridgehead atoms. The lowest BCUT2D eigenvalue weighted by Crippen LogP contribution is -2.60. The standard InChI is InChI=1S/C20H37PSi2/c1-10-20(2,3)19-14-12-16(23(7,8)9)18(21-19)17-13(14)11-15(17)22(4,5)6/h12-15,17-18H,10-11H2,1-9H3/t13-,14+,15+,17+,18-/m1/s1. The normalized spacial score (nSPS) is 37.7. The van der Waals surface area contributed by atoms with E-state index in [1.807, 2.05) is 10.5 Å². The van der Waals surface area contributed by atoms with Crippen LogP contribution in [-0.2, 0) is 0 Å². The topological polar surface area (TPSA) is 0 Å². The zero-order chi connectivity index (χ0) is 17.4. The summed E-state index contributed by atoms with van der Waals surface area (Å²) in [6, 6.07) is 0. The van der Waals surface area contributed by atoms with Crippen molar-refractivity contribution in [3.05, 3.63) is 11.3 Å². The van der Waals surface area contributed by atoms with Gasteiger partial charge in [-0.25, -0.2) is 0 Å². The smallest absolute Gasteiger partial charge is 0.0733 e. The molecule has 1 saturated carbocycles. The van der Waals surface area contributed by atoms with Gasteiger partial charge in [0.05, 0.1) is 8.07 Å². The van der Waals surface area contributed by atoms with Crippen molar-refractivity contribution in [1.29, 1.82) is 0 Å². The van der Waals surface area contributed by atoms with Crippen LogP contribution in [0.2, 0.25) is 44.8 Å². The molecule has 0 nitrogen and oxygen atoms in total. The van der Waals surface area contributed by atoms with Gasteiger partial charge in [0.15, 0.2) is 0 Å². The first-order valence-electron chi connectivity index (χ1n) is 9.68. The average molecular weight is 365 g/mol. The van der Waals surface area contributed by atoms with Crippen LogP contribution >= 0.6 is 8.20 Å². The summed E-state index contributed by atoms with van der Waals surface area (Å²) in [5.74, 6) is 2.85. The molecular weight excluding hydrogens is 327 g/mol. The Labute approximate surface area is 148 Å². The third-order valence-electron chi connectivity index (χ3n) is 7.14. The molecule has 2 aliphatic carbocycles. The van der Waals surface area contributed by atoms with E-state index >= 15 is 0 Å². The van der Waals surface area contributed by atoms with Gasteiger partial charge in [-0.3, -0.25) is 0 Å². The predicted molar refractivity (Wildman–Crippen MR) is 113 cm³/mol. The Balaban J connectivity index is 2.03. The van der Waals surface area contributed by atoms with Crippen molar-refractivity contribution in [2.75, 3.05) is 0 Å². The molecule has 5 atom stereocenters.